The van der Waals surface area contributed by atoms with Crippen LogP contribution in [0.25, 0.3) is 0 Å². The van der Waals surface area contributed by atoms with Crippen LogP contribution in [0.5, 0.6) is 0 Å². The predicted molar refractivity (Wildman–Crippen MR) is 87.3 cm³/mol. The topological polar surface area (TPSA) is 82.1 Å². The highest BCUT2D eigenvalue weighted by atomic mass is 16.5. The van der Waals surface area contributed by atoms with Gasteiger partial charge in [-0.25, -0.2) is 4.98 Å². The largest absolute Gasteiger partial charge is 0.354 e. The van der Waals surface area contributed by atoms with E-state index in [9.17, 15) is 5.26 Å². The van der Waals surface area contributed by atoms with Crippen LogP contribution in [0.2, 0.25) is 0 Å². The second-order valence-electron chi connectivity index (χ2n) is 6.43. The van der Waals surface area contributed by atoms with Gasteiger partial charge in [-0.3, -0.25) is 4.90 Å². The molecule has 24 heavy (non-hydrogen) atoms. The third-order valence-electron chi connectivity index (χ3n) is 4.57. The smallest absolute Gasteiger partial charge is 0.229 e. The molecule has 7 nitrogen and oxygen atoms in total. The Kier molecular flexibility index (Phi) is 4.13. The molecular weight excluding hydrogens is 304 g/mol. The molecule has 0 bridgehead atoms. The van der Waals surface area contributed by atoms with Crippen molar-refractivity contribution in [3.63, 3.8) is 0 Å². The lowest BCUT2D eigenvalue weighted by molar-refractivity contribution is 0.271. The number of pyridine rings is 1. The lowest BCUT2D eigenvalue weighted by atomic mass is 10.2. The van der Waals surface area contributed by atoms with Gasteiger partial charge in [-0.1, -0.05) is 5.16 Å². The van der Waals surface area contributed by atoms with Gasteiger partial charge in [0.05, 0.1) is 12.1 Å². The van der Waals surface area contributed by atoms with Crippen molar-refractivity contribution in [1.29, 1.82) is 5.26 Å². The first-order valence-corrected chi connectivity index (χ1v) is 8.48. The zero-order valence-corrected chi connectivity index (χ0v) is 13.6. The van der Waals surface area contributed by atoms with Crippen molar-refractivity contribution in [2.75, 3.05) is 31.1 Å². The van der Waals surface area contributed by atoms with Crippen LogP contribution in [0.15, 0.2) is 22.9 Å². The lowest BCUT2D eigenvalue weighted by Gasteiger charge is -2.22. The quantitative estimate of drug-likeness (QED) is 0.849. The summed E-state index contributed by atoms with van der Waals surface area (Å²) >= 11 is 0. The Morgan fingerprint density at radius 2 is 2.17 bits per heavy atom. The zero-order valence-electron chi connectivity index (χ0n) is 13.6. The average molecular weight is 324 g/mol. The molecule has 1 saturated heterocycles. The molecule has 0 amide bonds. The van der Waals surface area contributed by atoms with Gasteiger partial charge in [-0.05, 0) is 31.4 Å². The van der Waals surface area contributed by atoms with E-state index in [2.05, 4.69) is 31.0 Å². The van der Waals surface area contributed by atoms with Crippen LogP contribution in [-0.4, -0.2) is 46.2 Å². The third-order valence-corrected chi connectivity index (χ3v) is 4.57. The number of rotatable bonds is 4. The summed E-state index contributed by atoms with van der Waals surface area (Å²) in [5.74, 6) is 2.87. The Hall–Kier alpha value is -2.46. The summed E-state index contributed by atoms with van der Waals surface area (Å²) in [6.07, 6.45) is 5.11. The number of anilines is 1. The first-order valence-electron chi connectivity index (χ1n) is 8.48. The molecule has 0 unspecified atom stereocenters. The van der Waals surface area contributed by atoms with Crippen molar-refractivity contribution >= 4 is 5.82 Å². The maximum atomic E-state index is 9.26. The summed E-state index contributed by atoms with van der Waals surface area (Å²) in [6, 6.07) is 5.86. The number of hydrogen-bond acceptors (Lipinski definition) is 7. The molecule has 2 aliphatic rings. The van der Waals surface area contributed by atoms with E-state index in [0.29, 0.717) is 11.5 Å². The van der Waals surface area contributed by atoms with Gasteiger partial charge in [0.15, 0.2) is 5.82 Å². The number of nitrogens with zero attached hydrogens (tertiary/aromatic N) is 6. The number of hydrogen-bond donors (Lipinski definition) is 0. The highest BCUT2D eigenvalue weighted by molar-refractivity contribution is 5.53. The van der Waals surface area contributed by atoms with E-state index < -0.39 is 0 Å². The maximum Gasteiger partial charge on any atom is 0.229 e. The van der Waals surface area contributed by atoms with Crippen LogP contribution in [0.1, 0.15) is 42.5 Å². The van der Waals surface area contributed by atoms with Gasteiger partial charge >= 0.3 is 0 Å². The second-order valence-corrected chi connectivity index (χ2v) is 6.43. The minimum Gasteiger partial charge on any atom is -0.354 e. The fourth-order valence-electron chi connectivity index (χ4n) is 3.10. The van der Waals surface area contributed by atoms with E-state index in [1.807, 2.05) is 6.07 Å². The molecular formula is C17H20N6O. The molecule has 2 aromatic rings. The van der Waals surface area contributed by atoms with Crippen LogP contribution < -0.4 is 4.90 Å². The highest BCUT2D eigenvalue weighted by Gasteiger charge is 2.30. The van der Waals surface area contributed by atoms with Gasteiger partial charge in [-0.15, -0.1) is 0 Å². The first-order chi connectivity index (χ1) is 11.8. The van der Waals surface area contributed by atoms with E-state index in [0.717, 1.165) is 56.7 Å². The van der Waals surface area contributed by atoms with Crippen molar-refractivity contribution < 1.29 is 4.52 Å². The molecule has 4 rings (SSSR count). The van der Waals surface area contributed by atoms with Gasteiger partial charge in [0.25, 0.3) is 0 Å². The predicted octanol–water partition coefficient (Wildman–Crippen LogP) is 1.93. The summed E-state index contributed by atoms with van der Waals surface area (Å²) in [7, 11) is 0. The van der Waals surface area contributed by atoms with E-state index in [1.165, 1.54) is 12.8 Å². The van der Waals surface area contributed by atoms with Crippen molar-refractivity contribution in [3.05, 3.63) is 35.6 Å². The summed E-state index contributed by atoms with van der Waals surface area (Å²) in [5, 5.41) is 13.4. The van der Waals surface area contributed by atoms with Gasteiger partial charge in [0.1, 0.15) is 11.9 Å². The van der Waals surface area contributed by atoms with Crippen molar-refractivity contribution in [3.8, 4) is 6.07 Å². The van der Waals surface area contributed by atoms with E-state index in [4.69, 9.17) is 4.52 Å². The molecule has 2 aromatic heterocycles. The van der Waals surface area contributed by atoms with Crippen LogP contribution in [-0.2, 0) is 6.54 Å². The third kappa shape index (κ3) is 3.24. The Morgan fingerprint density at radius 3 is 3.00 bits per heavy atom. The Bertz CT molecular complexity index is 748. The van der Waals surface area contributed by atoms with Crippen LogP contribution in [0.3, 0.4) is 0 Å². The van der Waals surface area contributed by atoms with Gasteiger partial charge < -0.3 is 9.42 Å². The van der Waals surface area contributed by atoms with Crippen LogP contribution in [0.4, 0.5) is 5.82 Å². The SMILES string of the molecule is N#Cc1cccnc1N1CCCN(Cc2noc(C3CC3)n2)CC1. The number of nitriles is 1. The molecule has 0 spiro atoms. The van der Waals surface area contributed by atoms with Crippen molar-refractivity contribution in [2.24, 2.45) is 0 Å². The monoisotopic (exact) mass is 324 g/mol. The molecule has 0 aromatic carbocycles. The molecule has 2 fully saturated rings. The molecule has 1 saturated carbocycles. The molecule has 0 atom stereocenters. The van der Waals surface area contributed by atoms with Crippen LogP contribution >= 0.6 is 0 Å². The minimum atomic E-state index is 0.499. The standard InChI is InChI=1S/C17H20N6O/c18-11-14-3-1-6-19-16(14)23-8-2-7-22(9-10-23)12-15-20-17(24-21-15)13-4-5-13/h1,3,6,13H,2,4-5,7-10,12H2. The summed E-state index contributed by atoms with van der Waals surface area (Å²) in [5.41, 5.74) is 0.637. The van der Waals surface area contributed by atoms with Crippen molar-refractivity contribution in [2.45, 2.75) is 31.7 Å². The summed E-state index contributed by atoms with van der Waals surface area (Å²) in [6.45, 7) is 4.35. The van der Waals surface area contributed by atoms with E-state index >= 15 is 0 Å². The molecule has 0 radical (unpaired) electrons. The molecule has 1 aliphatic carbocycles. The Morgan fingerprint density at radius 1 is 1.25 bits per heavy atom. The fourth-order valence-corrected chi connectivity index (χ4v) is 3.10. The Balaban J connectivity index is 1.39. The molecule has 0 N–H and O–H groups in total. The molecule has 7 heteroatoms. The second kappa shape index (κ2) is 6.57. The minimum absolute atomic E-state index is 0.499. The van der Waals surface area contributed by atoms with Crippen molar-refractivity contribution in [1.82, 2.24) is 20.0 Å². The molecule has 3 heterocycles. The zero-order chi connectivity index (χ0) is 16.4. The highest BCUT2D eigenvalue weighted by Crippen LogP contribution is 2.38. The van der Waals surface area contributed by atoms with E-state index in [-0.39, 0.29) is 0 Å². The molecule has 124 valence electrons. The average Bonchev–Trinajstić information content (AvgIpc) is 3.40. The summed E-state index contributed by atoms with van der Waals surface area (Å²) < 4.78 is 5.34. The van der Waals surface area contributed by atoms with Gasteiger partial charge in [-0.2, -0.15) is 10.2 Å². The van der Waals surface area contributed by atoms with E-state index in [1.54, 1.807) is 12.3 Å². The first kappa shape index (κ1) is 15.1. The normalized spacial score (nSPS) is 19.0. The summed E-state index contributed by atoms with van der Waals surface area (Å²) in [4.78, 5) is 13.5. The molecule has 1 aliphatic heterocycles. The lowest BCUT2D eigenvalue weighted by Crippen LogP contribution is -2.31. The Labute approximate surface area is 140 Å². The maximum absolute atomic E-state index is 9.26. The van der Waals surface area contributed by atoms with Gasteiger partial charge in [0, 0.05) is 38.3 Å². The van der Waals surface area contributed by atoms with Crippen LogP contribution in [0, 0.1) is 11.3 Å². The fraction of sp³-hybridized carbons (Fsp3) is 0.529. The number of aromatic nitrogens is 3. The van der Waals surface area contributed by atoms with Gasteiger partial charge in [0.2, 0.25) is 5.89 Å².